The van der Waals surface area contributed by atoms with Crippen molar-refractivity contribution in [3.8, 4) is 0 Å². The van der Waals surface area contributed by atoms with Crippen molar-refractivity contribution < 1.29 is 4.79 Å². The molecule has 0 spiro atoms. The molecule has 4 nitrogen and oxygen atoms in total. The van der Waals surface area contributed by atoms with E-state index < -0.39 is 5.24 Å². The molecule has 0 radical (unpaired) electrons. The molecule has 0 saturated heterocycles. The first-order valence-corrected chi connectivity index (χ1v) is 8.25. The van der Waals surface area contributed by atoms with E-state index in [-0.39, 0.29) is 6.04 Å². The summed E-state index contributed by atoms with van der Waals surface area (Å²) in [6.45, 7) is 4.02. The molecule has 1 aromatic rings. The molecule has 2 N–H and O–H groups in total. The molecule has 1 aliphatic carbocycles. The number of benzene rings is 1. The second-order valence-electron chi connectivity index (χ2n) is 6.27. The number of carbonyl (C=O) groups excluding carboxylic acids is 1. The van der Waals surface area contributed by atoms with Crippen molar-refractivity contribution in [3.63, 3.8) is 0 Å². The second kappa shape index (κ2) is 7.75. The topological polar surface area (TPSA) is 58.7 Å². The zero-order valence-electron chi connectivity index (χ0n) is 13.8. The fourth-order valence-corrected chi connectivity index (χ4v) is 3.07. The van der Waals surface area contributed by atoms with Gasteiger partial charge in [0.2, 0.25) is 0 Å². The van der Waals surface area contributed by atoms with Gasteiger partial charge in [0.05, 0.1) is 6.04 Å². The van der Waals surface area contributed by atoms with Crippen LogP contribution in [0.1, 0.15) is 41.6 Å². The van der Waals surface area contributed by atoms with Crippen LogP contribution in [0.15, 0.2) is 35.8 Å². The zero-order chi connectivity index (χ0) is 17.0. The van der Waals surface area contributed by atoms with Crippen LogP contribution in [0, 0.1) is 0 Å². The molecule has 0 unspecified atom stereocenters. The minimum atomic E-state index is -0.489. The van der Waals surface area contributed by atoms with Gasteiger partial charge in [-0.3, -0.25) is 9.79 Å². The van der Waals surface area contributed by atoms with Gasteiger partial charge >= 0.3 is 0 Å². The van der Waals surface area contributed by atoms with E-state index in [2.05, 4.69) is 30.6 Å². The van der Waals surface area contributed by atoms with Crippen molar-refractivity contribution in [1.29, 1.82) is 0 Å². The van der Waals surface area contributed by atoms with E-state index in [0.717, 1.165) is 31.2 Å². The van der Waals surface area contributed by atoms with Crippen molar-refractivity contribution in [3.05, 3.63) is 42.0 Å². The fourth-order valence-electron chi connectivity index (χ4n) is 2.96. The van der Waals surface area contributed by atoms with Crippen LogP contribution in [-0.2, 0) is 0 Å². The minimum Gasteiger partial charge on any atom is -0.383 e. The van der Waals surface area contributed by atoms with Crippen molar-refractivity contribution in [1.82, 2.24) is 4.90 Å². The molecule has 1 fully saturated rings. The summed E-state index contributed by atoms with van der Waals surface area (Å²) in [6.07, 6.45) is 4.35. The lowest BCUT2D eigenvalue weighted by Gasteiger charge is -2.31. The van der Waals surface area contributed by atoms with E-state index >= 15 is 0 Å². The molecule has 0 amide bonds. The normalized spacial score (nSPS) is 22.2. The summed E-state index contributed by atoms with van der Waals surface area (Å²) in [4.78, 5) is 18.2. The average molecular weight is 334 g/mol. The van der Waals surface area contributed by atoms with E-state index in [1.54, 1.807) is 18.2 Å². The monoisotopic (exact) mass is 333 g/mol. The predicted octanol–water partition coefficient (Wildman–Crippen LogP) is 3.31. The van der Waals surface area contributed by atoms with E-state index in [1.165, 1.54) is 0 Å². The van der Waals surface area contributed by atoms with Crippen molar-refractivity contribution in [2.45, 2.75) is 37.8 Å². The highest BCUT2D eigenvalue weighted by molar-refractivity contribution is 6.67. The highest BCUT2D eigenvalue weighted by Crippen LogP contribution is 2.25. The number of carbonyl (C=O) groups is 1. The van der Waals surface area contributed by atoms with E-state index in [4.69, 9.17) is 17.3 Å². The zero-order valence-corrected chi connectivity index (χ0v) is 14.5. The Morgan fingerprint density at radius 1 is 1.26 bits per heavy atom. The number of nitrogens with zero attached hydrogens (tertiary/aromatic N) is 2. The number of halogens is 1. The Bertz CT molecular complexity index is 616. The Hall–Kier alpha value is -1.65. The smallest absolute Gasteiger partial charge is 0.252 e. The first-order valence-electron chi connectivity index (χ1n) is 7.87. The summed E-state index contributed by atoms with van der Waals surface area (Å²) in [5, 5.41) is -0.489. The largest absolute Gasteiger partial charge is 0.383 e. The Morgan fingerprint density at radius 3 is 2.43 bits per heavy atom. The summed E-state index contributed by atoms with van der Waals surface area (Å²) in [7, 11) is 4.24. The molecule has 0 heterocycles. The summed E-state index contributed by atoms with van der Waals surface area (Å²) >= 11 is 5.52. The lowest BCUT2D eigenvalue weighted by molar-refractivity contribution is 0.108. The third-order valence-electron chi connectivity index (χ3n) is 4.47. The van der Waals surface area contributed by atoms with Crippen molar-refractivity contribution >= 4 is 28.3 Å². The summed E-state index contributed by atoms with van der Waals surface area (Å²) in [6, 6.07) is 7.88. The third-order valence-corrected chi connectivity index (χ3v) is 4.68. The second-order valence-corrected chi connectivity index (χ2v) is 6.62. The van der Waals surface area contributed by atoms with Crippen LogP contribution in [0.25, 0.3) is 5.57 Å². The minimum absolute atomic E-state index is 0.251. The summed E-state index contributed by atoms with van der Waals surface area (Å²) < 4.78 is 0. The van der Waals surface area contributed by atoms with Crippen LogP contribution in [0.5, 0.6) is 0 Å². The molecule has 1 aliphatic rings. The molecule has 124 valence electrons. The van der Waals surface area contributed by atoms with E-state index in [9.17, 15) is 4.79 Å². The maximum atomic E-state index is 11.3. The number of nitrogens with two attached hydrogens (primary N) is 1. The van der Waals surface area contributed by atoms with Crippen molar-refractivity contribution in [2.24, 2.45) is 10.7 Å². The van der Waals surface area contributed by atoms with Gasteiger partial charge in [0.1, 0.15) is 5.84 Å². The molecule has 5 heteroatoms. The van der Waals surface area contributed by atoms with Crippen molar-refractivity contribution in [2.75, 3.05) is 14.1 Å². The molecule has 0 aliphatic heterocycles. The number of aliphatic imine (C=N–C) groups is 1. The SMILES string of the molecule is C=C(C(N)=NC1CCC(N(C)C)CC1)c1cccc(C(=O)Cl)c1. The molecule has 2 rings (SSSR count). The highest BCUT2D eigenvalue weighted by atomic mass is 35.5. The Morgan fingerprint density at radius 2 is 1.87 bits per heavy atom. The maximum Gasteiger partial charge on any atom is 0.252 e. The molecular formula is C18H24ClN3O. The van der Waals surface area contributed by atoms with Gasteiger partial charge in [-0.1, -0.05) is 24.8 Å². The quantitative estimate of drug-likeness (QED) is 0.511. The Labute approximate surface area is 143 Å². The lowest BCUT2D eigenvalue weighted by Crippen LogP contribution is -2.33. The van der Waals surface area contributed by atoms with Crippen LogP contribution in [-0.4, -0.2) is 42.2 Å². The first kappa shape index (κ1) is 17.7. The number of hydrogen-bond acceptors (Lipinski definition) is 3. The molecule has 23 heavy (non-hydrogen) atoms. The number of hydrogen-bond donors (Lipinski definition) is 1. The van der Waals surface area contributed by atoms with Crippen LogP contribution < -0.4 is 5.73 Å². The molecule has 1 aromatic carbocycles. The number of rotatable bonds is 5. The fraction of sp³-hybridized carbons (Fsp3) is 0.444. The van der Waals surface area contributed by atoms with Gasteiger partial charge in [0, 0.05) is 17.2 Å². The maximum absolute atomic E-state index is 11.3. The summed E-state index contributed by atoms with van der Waals surface area (Å²) in [5.41, 5.74) is 7.97. The van der Waals surface area contributed by atoms with Crippen LogP contribution in [0.2, 0.25) is 0 Å². The van der Waals surface area contributed by atoms with Crippen LogP contribution in [0.3, 0.4) is 0 Å². The molecule has 0 aromatic heterocycles. The first-order chi connectivity index (χ1) is 10.9. The van der Waals surface area contributed by atoms with Gasteiger partial charge in [-0.05, 0) is 63.0 Å². The highest BCUT2D eigenvalue weighted by Gasteiger charge is 2.22. The lowest BCUT2D eigenvalue weighted by atomic mass is 9.91. The standard InChI is InChI=1S/C18H24ClN3O/c1-12(13-5-4-6-14(11-13)17(19)23)18(20)21-15-7-9-16(10-8-15)22(2)3/h4-6,11,15-16H,1,7-10H2,2-3H3,(H2,20,21). The van der Waals surface area contributed by atoms with Gasteiger partial charge in [-0.2, -0.15) is 0 Å². The van der Waals surface area contributed by atoms with Crippen LogP contribution in [0.4, 0.5) is 0 Å². The van der Waals surface area contributed by atoms with Gasteiger partial charge in [-0.15, -0.1) is 0 Å². The Balaban J connectivity index is 2.05. The molecule has 1 saturated carbocycles. The molecular weight excluding hydrogens is 310 g/mol. The molecule has 0 atom stereocenters. The average Bonchev–Trinajstić information content (AvgIpc) is 2.54. The van der Waals surface area contributed by atoms with Gasteiger partial charge in [0.25, 0.3) is 5.24 Å². The predicted molar refractivity (Wildman–Crippen MR) is 97.0 cm³/mol. The van der Waals surface area contributed by atoms with Gasteiger partial charge in [-0.25, -0.2) is 0 Å². The van der Waals surface area contributed by atoms with E-state index in [0.29, 0.717) is 23.0 Å². The number of amidine groups is 1. The molecule has 0 bridgehead atoms. The Kier molecular flexibility index (Phi) is 5.97. The van der Waals surface area contributed by atoms with Crippen LogP contribution >= 0.6 is 11.6 Å². The summed E-state index contributed by atoms with van der Waals surface area (Å²) in [5.74, 6) is 0.442. The van der Waals surface area contributed by atoms with Gasteiger partial charge in [0.15, 0.2) is 0 Å². The van der Waals surface area contributed by atoms with E-state index in [1.807, 2.05) is 6.07 Å². The third kappa shape index (κ3) is 4.66. The van der Waals surface area contributed by atoms with Gasteiger partial charge < -0.3 is 10.6 Å².